The Hall–Kier alpha value is -2.69. The molecule has 0 atom stereocenters. The van der Waals surface area contributed by atoms with Crippen molar-refractivity contribution in [3.63, 3.8) is 0 Å². The number of aldehydes is 1. The van der Waals surface area contributed by atoms with Crippen LogP contribution >= 0.6 is 0 Å². The Balaban J connectivity index is 2.23. The van der Waals surface area contributed by atoms with Gasteiger partial charge in [-0.1, -0.05) is 26.2 Å². The molecule has 0 aliphatic carbocycles. The maximum absolute atomic E-state index is 11.2. The normalized spacial score (nSPS) is 10.3. The van der Waals surface area contributed by atoms with Gasteiger partial charge in [0.2, 0.25) is 5.75 Å². The van der Waals surface area contributed by atoms with E-state index in [2.05, 4.69) is 6.92 Å². The topological polar surface area (TPSA) is 54.0 Å². The lowest BCUT2D eigenvalue weighted by molar-refractivity contribution is 0.112. The lowest BCUT2D eigenvalue weighted by atomic mass is 10.2. The van der Waals surface area contributed by atoms with Gasteiger partial charge < -0.3 is 18.9 Å². The molecule has 0 fully saturated rings. The van der Waals surface area contributed by atoms with Crippen molar-refractivity contribution in [3.05, 3.63) is 42.0 Å². The van der Waals surface area contributed by atoms with E-state index < -0.39 is 0 Å². The second-order valence-corrected chi connectivity index (χ2v) is 5.85. The SMILES string of the molecule is CCCCCCOc1c(OC)cc(C=O)cc1Oc1ccc(OC)cc1. The second kappa shape index (κ2) is 10.3. The Morgan fingerprint density at radius 3 is 2.19 bits per heavy atom. The van der Waals surface area contributed by atoms with Crippen LogP contribution in [0, 0.1) is 0 Å². The van der Waals surface area contributed by atoms with Crippen LogP contribution in [-0.2, 0) is 0 Å². The van der Waals surface area contributed by atoms with E-state index in [0.29, 0.717) is 35.2 Å². The molecule has 0 heterocycles. The summed E-state index contributed by atoms with van der Waals surface area (Å²) in [5, 5.41) is 0. The Kier molecular flexibility index (Phi) is 7.80. The van der Waals surface area contributed by atoms with Gasteiger partial charge in [0.1, 0.15) is 17.8 Å². The van der Waals surface area contributed by atoms with Crippen LogP contribution in [0.3, 0.4) is 0 Å². The second-order valence-electron chi connectivity index (χ2n) is 5.85. The number of benzene rings is 2. The van der Waals surface area contributed by atoms with Crippen molar-refractivity contribution in [2.45, 2.75) is 32.6 Å². The first-order valence-electron chi connectivity index (χ1n) is 8.83. The van der Waals surface area contributed by atoms with Crippen molar-refractivity contribution in [1.82, 2.24) is 0 Å². The quantitative estimate of drug-likeness (QED) is 0.405. The number of hydrogen-bond acceptors (Lipinski definition) is 5. The van der Waals surface area contributed by atoms with Gasteiger partial charge in [-0.2, -0.15) is 0 Å². The van der Waals surface area contributed by atoms with Crippen molar-refractivity contribution in [2.24, 2.45) is 0 Å². The lowest BCUT2D eigenvalue weighted by Gasteiger charge is -2.16. The maximum atomic E-state index is 11.2. The van der Waals surface area contributed by atoms with Crippen LogP contribution in [-0.4, -0.2) is 27.1 Å². The number of hydrogen-bond donors (Lipinski definition) is 0. The number of ether oxygens (including phenoxy) is 4. The Bertz CT molecular complexity index is 694. The van der Waals surface area contributed by atoms with E-state index in [-0.39, 0.29) is 0 Å². The average Bonchev–Trinajstić information content (AvgIpc) is 2.68. The fourth-order valence-corrected chi connectivity index (χ4v) is 2.51. The first kappa shape index (κ1) is 19.6. The fraction of sp³-hybridized carbons (Fsp3) is 0.381. The minimum atomic E-state index is 0.451. The van der Waals surface area contributed by atoms with Crippen LogP contribution in [0.5, 0.6) is 28.7 Å². The molecule has 0 spiro atoms. The van der Waals surface area contributed by atoms with Crippen molar-refractivity contribution >= 4 is 6.29 Å². The average molecular weight is 358 g/mol. The minimum Gasteiger partial charge on any atom is -0.497 e. The van der Waals surface area contributed by atoms with Crippen LogP contribution in [0.15, 0.2) is 36.4 Å². The number of carbonyl (C=O) groups excluding carboxylic acids is 1. The summed E-state index contributed by atoms with van der Waals surface area (Å²) in [6, 6.07) is 10.5. The molecule has 0 saturated carbocycles. The zero-order chi connectivity index (χ0) is 18.8. The zero-order valence-electron chi connectivity index (χ0n) is 15.6. The van der Waals surface area contributed by atoms with Gasteiger partial charge in [-0.3, -0.25) is 4.79 Å². The Morgan fingerprint density at radius 2 is 1.58 bits per heavy atom. The number of unbranched alkanes of at least 4 members (excludes halogenated alkanes) is 3. The molecule has 0 unspecified atom stereocenters. The van der Waals surface area contributed by atoms with Crippen LogP contribution < -0.4 is 18.9 Å². The molecule has 0 aliphatic heterocycles. The van der Waals surface area contributed by atoms with E-state index in [9.17, 15) is 4.79 Å². The summed E-state index contributed by atoms with van der Waals surface area (Å²) < 4.78 is 22.4. The maximum Gasteiger partial charge on any atom is 0.204 e. The number of rotatable bonds is 11. The molecule has 0 bridgehead atoms. The first-order chi connectivity index (χ1) is 12.7. The third-order valence-corrected chi connectivity index (χ3v) is 3.93. The van der Waals surface area contributed by atoms with Gasteiger partial charge in [0.05, 0.1) is 20.8 Å². The molecule has 2 aromatic rings. The predicted octanol–water partition coefficient (Wildman–Crippen LogP) is 5.27. The van der Waals surface area contributed by atoms with E-state index in [4.69, 9.17) is 18.9 Å². The van der Waals surface area contributed by atoms with E-state index in [1.807, 2.05) is 0 Å². The summed E-state index contributed by atoms with van der Waals surface area (Å²) in [6.07, 6.45) is 5.17. The minimum absolute atomic E-state index is 0.451. The molecule has 26 heavy (non-hydrogen) atoms. The van der Waals surface area contributed by atoms with Crippen LogP contribution in [0.1, 0.15) is 43.0 Å². The highest BCUT2D eigenvalue weighted by atomic mass is 16.5. The molecule has 0 N–H and O–H groups in total. The Labute approximate surface area is 154 Å². The standard InChI is InChI=1S/C21H26O5/c1-4-5-6-7-12-25-21-19(24-3)13-16(15-22)14-20(21)26-18-10-8-17(23-2)9-11-18/h8-11,13-15H,4-7,12H2,1-3H3. The summed E-state index contributed by atoms with van der Waals surface area (Å²) >= 11 is 0. The van der Waals surface area contributed by atoms with Gasteiger partial charge in [-0.25, -0.2) is 0 Å². The lowest BCUT2D eigenvalue weighted by Crippen LogP contribution is -2.02. The zero-order valence-corrected chi connectivity index (χ0v) is 15.6. The summed E-state index contributed by atoms with van der Waals surface area (Å²) in [4.78, 5) is 11.2. The smallest absolute Gasteiger partial charge is 0.204 e. The Morgan fingerprint density at radius 1 is 0.885 bits per heavy atom. The molecule has 2 rings (SSSR count). The molecular weight excluding hydrogens is 332 g/mol. The van der Waals surface area contributed by atoms with Crippen LogP contribution in [0.2, 0.25) is 0 Å². The predicted molar refractivity (Wildman–Crippen MR) is 101 cm³/mol. The third-order valence-electron chi connectivity index (χ3n) is 3.93. The molecule has 2 aromatic carbocycles. The molecule has 0 aromatic heterocycles. The summed E-state index contributed by atoms with van der Waals surface area (Å²) in [7, 11) is 3.16. The summed E-state index contributed by atoms with van der Waals surface area (Å²) in [6.45, 7) is 2.73. The van der Waals surface area contributed by atoms with Gasteiger partial charge in [0.15, 0.2) is 11.5 Å². The number of carbonyl (C=O) groups is 1. The van der Waals surface area contributed by atoms with E-state index in [1.54, 1.807) is 50.6 Å². The summed E-state index contributed by atoms with van der Waals surface area (Å²) in [5.74, 6) is 2.79. The van der Waals surface area contributed by atoms with E-state index in [0.717, 1.165) is 24.9 Å². The molecule has 0 radical (unpaired) electrons. The molecule has 5 heteroatoms. The monoisotopic (exact) mass is 358 g/mol. The highest BCUT2D eigenvalue weighted by molar-refractivity contribution is 5.78. The van der Waals surface area contributed by atoms with Gasteiger partial charge in [0.25, 0.3) is 0 Å². The highest BCUT2D eigenvalue weighted by Gasteiger charge is 2.16. The van der Waals surface area contributed by atoms with Crippen LogP contribution in [0.25, 0.3) is 0 Å². The number of methoxy groups -OCH3 is 2. The highest BCUT2D eigenvalue weighted by Crippen LogP contribution is 2.41. The van der Waals surface area contributed by atoms with Gasteiger partial charge in [-0.05, 0) is 42.8 Å². The van der Waals surface area contributed by atoms with Gasteiger partial charge in [-0.15, -0.1) is 0 Å². The van der Waals surface area contributed by atoms with Gasteiger partial charge in [0, 0.05) is 5.56 Å². The van der Waals surface area contributed by atoms with Gasteiger partial charge >= 0.3 is 0 Å². The fourth-order valence-electron chi connectivity index (χ4n) is 2.51. The van der Waals surface area contributed by atoms with Crippen molar-refractivity contribution in [1.29, 1.82) is 0 Å². The largest absolute Gasteiger partial charge is 0.497 e. The molecule has 0 amide bonds. The molecule has 140 valence electrons. The third kappa shape index (κ3) is 5.41. The van der Waals surface area contributed by atoms with Crippen molar-refractivity contribution < 1.29 is 23.7 Å². The van der Waals surface area contributed by atoms with E-state index in [1.165, 1.54) is 12.8 Å². The van der Waals surface area contributed by atoms with E-state index >= 15 is 0 Å². The van der Waals surface area contributed by atoms with Crippen molar-refractivity contribution in [2.75, 3.05) is 20.8 Å². The molecule has 5 nitrogen and oxygen atoms in total. The summed E-state index contributed by atoms with van der Waals surface area (Å²) in [5.41, 5.74) is 0.462. The van der Waals surface area contributed by atoms with Crippen LogP contribution in [0.4, 0.5) is 0 Å². The molecular formula is C21H26O5. The first-order valence-corrected chi connectivity index (χ1v) is 8.83. The molecule has 0 aliphatic rings. The van der Waals surface area contributed by atoms with Crippen molar-refractivity contribution in [3.8, 4) is 28.7 Å². The molecule has 0 saturated heterocycles.